The topological polar surface area (TPSA) is 132 Å². The molecule has 5 heterocycles. The van der Waals surface area contributed by atoms with Gasteiger partial charge in [-0.05, 0) is 111 Å². The first-order valence-corrected chi connectivity index (χ1v) is 15.7. The van der Waals surface area contributed by atoms with Gasteiger partial charge in [0.15, 0.2) is 0 Å². The van der Waals surface area contributed by atoms with Gasteiger partial charge in [0.2, 0.25) is 0 Å². The Hall–Kier alpha value is -4.98. The number of rotatable bonds is 7. The van der Waals surface area contributed by atoms with Gasteiger partial charge in [0, 0.05) is 45.9 Å². The third-order valence-electron chi connectivity index (χ3n) is 10.4. The summed E-state index contributed by atoms with van der Waals surface area (Å²) in [5.74, 6) is -1.54. The number of aromatic nitrogens is 4. The molecule has 46 heavy (non-hydrogen) atoms. The van der Waals surface area contributed by atoms with Crippen LogP contribution in [-0.4, -0.2) is 42.1 Å². The third-order valence-corrected chi connectivity index (χ3v) is 10.4. The molecular formula is C38H40N4O4. The minimum Gasteiger partial charge on any atom is -0.481 e. The number of aliphatic carboxylic acids is 2. The number of carbonyl (C=O) groups is 2. The van der Waals surface area contributed by atoms with Crippen molar-refractivity contribution in [3.8, 4) is 0 Å². The van der Waals surface area contributed by atoms with Crippen molar-refractivity contribution in [1.82, 2.24) is 19.9 Å². The molecule has 0 fully saturated rings. The molecular weight excluding hydrogens is 576 g/mol. The zero-order valence-electron chi connectivity index (χ0n) is 27.3. The number of carboxylic acid groups (broad SMARTS) is 2. The van der Waals surface area contributed by atoms with Gasteiger partial charge in [-0.1, -0.05) is 37.3 Å². The molecule has 1 aliphatic carbocycles. The SMILES string of the molecule is C=CC1=C(C)c2cc3nc(cc4[nH]c(cc5[nH]c(cc1n2)c(C)c5CCC(=O)O)c(CCC(=O)O)c4C)[C@@]1(C)C3=CC=C(C)[C@H]1C. The van der Waals surface area contributed by atoms with Crippen LogP contribution in [0.2, 0.25) is 0 Å². The molecule has 0 saturated heterocycles. The van der Waals surface area contributed by atoms with E-state index in [0.717, 1.165) is 83.8 Å². The molecule has 0 amide bonds. The average Bonchev–Trinajstić information content (AvgIpc) is 3.65. The molecule has 8 bridgehead atoms. The number of hydrogen-bond donors (Lipinski definition) is 4. The summed E-state index contributed by atoms with van der Waals surface area (Å²) < 4.78 is 0. The Labute approximate surface area is 268 Å². The molecule has 0 saturated carbocycles. The lowest BCUT2D eigenvalue weighted by molar-refractivity contribution is -0.138. The van der Waals surface area contributed by atoms with Crippen LogP contribution in [0.4, 0.5) is 0 Å². The highest BCUT2D eigenvalue weighted by molar-refractivity contribution is 5.97. The van der Waals surface area contributed by atoms with Crippen LogP contribution in [0.1, 0.15) is 85.6 Å². The number of aromatic amines is 2. The molecule has 236 valence electrons. The van der Waals surface area contributed by atoms with Gasteiger partial charge in [0.05, 0.1) is 22.8 Å². The molecule has 3 aromatic heterocycles. The maximum atomic E-state index is 11.7. The summed E-state index contributed by atoms with van der Waals surface area (Å²) in [6.07, 6.45) is 6.85. The van der Waals surface area contributed by atoms with Crippen LogP contribution in [-0.2, 0) is 27.8 Å². The van der Waals surface area contributed by atoms with Crippen LogP contribution in [0.3, 0.4) is 0 Å². The predicted molar refractivity (Wildman–Crippen MR) is 183 cm³/mol. The Morgan fingerprint density at radius 2 is 1.41 bits per heavy atom. The van der Waals surface area contributed by atoms with E-state index in [0.29, 0.717) is 12.8 Å². The summed E-state index contributed by atoms with van der Waals surface area (Å²) in [5, 5.41) is 19.1. The number of allylic oxidation sites excluding steroid dienone is 7. The maximum absolute atomic E-state index is 11.7. The van der Waals surface area contributed by atoms with Crippen LogP contribution < -0.4 is 0 Å². The van der Waals surface area contributed by atoms with Gasteiger partial charge in [-0.2, -0.15) is 0 Å². The molecule has 0 radical (unpaired) electrons. The van der Waals surface area contributed by atoms with Gasteiger partial charge in [0.25, 0.3) is 0 Å². The first-order valence-electron chi connectivity index (χ1n) is 15.7. The fraction of sp³-hybridized carbons (Fsp3) is 0.316. The third kappa shape index (κ3) is 5.02. The van der Waals surface area contributed by atoms with Gasteiger partial charge < -0.3 is 20.2 Å². The monoisotopic (exact) mass is 616 g/mol. The molecule has 8 nitrogen and oxygen atoms in total. The number of nitrogens with one attached hydrogen (secondary N) is 2. The minimum atomic E-state index is -0.870. The van der Waals surface area contributed by atoms with Crippen LogP contribution in [0, 0.1) is 19.8 Å². The normalized spacial score (nSPS) is 19.0. The van der Waals surface area contributed by atoms with E-state index in [9.17, 15) is 19.8 Å². The Morgan fingerprint density at radius 1 is 0.826 bits per heavy atom. The first-order chi connectivity index (χ1) is 21.8. The van der Waals surface area contributed by atoms with Crippen molar-refractivity contribution < 1.29 is 19.8 Å². The van der Waals surface area contributed by atoms with E-state index in [-0.39, 0.29) is 24.2 Å². The molecule has 2 aliphatic heterocycles. The standard InChI is InChI=1S/C38H40N4O4/c1-8-24-20(3)29-16-34-27-12-9-19(2)23(6)38(27,7)35(42-34)18-30-22(5)26(11-14-37(45)46)33(41-30)17-32-25(10-13-36(43)44)21(4)28(40-32)15-31(24)39-29/h8-9,12,15-18,23,40-41H,1,10-11,13-14H2,2-7H3,(H,43,44)(H,45,46)/t23-,38-/m1/s1. The highest BCUT2D eigenvalue weighted by Gasteiger charge is 2.45. The molecule has 0 spiro atoms. The molecule has 2 atom stereocenters. The number of nitrogens with zero attached hydrogens (tertiary/aromatic N) is 2. The van der Waals surface area contributed by atoms with Crippen molar-refractivity contribution in [3.63, 3.8) is 0 Å². The van der Waals surface area contributed by atoms with E-state index in [1.807, 2.05) is 32.1 Å². The molecule has 6 rings (SSSR count). The van der Waals surface area contributed by atoms with Gasteiger partial charge in [-0.15, -0.1) is 0 Å². The lowest BCUT2D eigenvalue weighted by atomic mass is 9.65. The average molecular weight is 617 g/mol. The number of aryl methyl sites for hydroxylation is 4. The summed E-state index contributed by atoms with van der Waals surface area (Å²) in [5.41, 5.74) is 14.4. The zero-order valence-corrected chi connectivity index (χ0v) is 27.3. The summed E-state index contributed by atoms with van der Waals surface area (Å²) >= 11 is 0. The van der Waals surface area contributed by atoms with Gasteiger partial charge in [-0.3, -0.25) is 14.6 Å². The van der Waals surface area contributed by atoms with Gasteiger partial charge in [0.1, 0.15) is 0 Å². The Morgan fingerprint density at radius 3 is 1.98 bits per heavy atom. The largest absolute Gasteiger partial charge is 0.481 e. The van der Waals surface area contributed by atoms with Crippen LogP contribution in [0.15, 0.2) is 54.6 Å². The molecule has 0 unspecified atom stereocenters. The number of H-pyrrole nitrogens is 2. The van der Waals surface area contributed by atoms with Crippen molar-refractivity contribution >= 4 is 50.7 Å². The summed E-state index contributed by atoms with van der Waals surface area (Å²) in [7, 11) is 0. The van der Waals surface area contributed by atoms with E-state index in [1.54, 1.807) is 0 Å². The Bertz CT molecular complexity index is 2110. The van der Waals surface area contributed by atoms with Crippen molar-refractivity contribution in [3.05, 3.63) is 99.7 Å². The number of hydrogen-bond acceptors (Lipinski definition) is 4. The Kier molecular flexibility index (Phi) is 7.71. The van der Waals surface area contributed by atoms with Gasteiger partial charge >= 0.3 is 11.9 Å². The first kappa shape index (κ1) is 31.0. The van der Waals surface area contributed by atoms with E-state index >= 15 is 0 Å². The summed E-state index contributed by atoms with van der Waals surface area (Å²) in [6.45, 7) is 16.8. The quantitative estimate of drug-likeness (QED) is 0.213. The lowest BCUT2D eigenvalue weighted by Gasteiger charge is -2.36. The fourth-order valence-corrected chi connectivity index (χ4v) is 7.19. The van der Waals surface area contributed by atoms with E-state index < -0.39 is 11.9 Å². The van der Waals surface area contributed by atoms with E-state index in [2.05, 4.69) is 68.5 Å². The van der Waals surface area contributed by atoms with E-state index in [4.69, 9.17) is 9.97 Å². The van der Waals surface area contributed by atoms with Crippen LogP contribution in [0.25, 0.3) is 38.8 Å². The molecule has 0 aromatic carbocycles. The lowest BCUT2D eigenvalue weighted by Crippen LogP contribution is -2.31. The van der Waals surface area contributed by atoms with Crippen LogP contribution >= 0.6 is 0 Å². The molecule has 8 heteroatoms. The number of carboxylic acids is 2. The van der Waals surface area contributed by atoms with E-state index in [1.165, 1.54) is 5.57 Å². The maximum Gasteiger partial charge on any atom is 0.303 e. The predicted octanol–water partition coefficient (Wildman–Crippen LogP) is 8.02. The summed E-state index contributed by atoms with van der Waals surface area (Å²) in [4.78, 5) is 40.8. The van der Waals surface area contributed by atoms with Crippen molar-refractivity contribution in [2.24, 2.45) is 5.92 Å². The minimum absolute atomic E-state index is 0.0124. The second-order valence-corrected chi connectivity index (χ2v) is 12.9. The highest BCUT2D eigenvalue weighted by atomic mass is 16.4. The smallest absolute Gasteiger partial charge is 0.303 e. The van der Waals surface area contributed by atoms with Gasteiger partial charge in [-0.25, -0.2) is 4.98 Å². The molecule has 3 aromatic rings. The molecule has 3 aliphatic rings. The van der Waals surface area contributed by atoms with Crippen molar-refractivity contribution in [2.75, 3.05) is 0 Å². The van der Waals surface area contributed by atoms with Crippen molar-refractivity contribution in [1.29, 1.82) is 0 Å². The highest BCUT2D eigenvalue weighted by Crippen LogP contribution is 2.51. The van der Waals surface area contributed by atoms with Crippen LogP contribution in [0.5, 0.6) is 0 Å². The second-order valence-electron chi connectivity index (χ2n) is 12.9. The number of fused-ring (bicyclic) bond motifs is 11. The van der Waals surface area contributed by atoms with Crippen molar-refractivity contribution in [2.45, 2.75) is 72.6 Å². The summed E-state index contributed by atoms with van der Waals surface area (Å²) in [6, 6.07) is 8.18. The second kappa shape index (κ2) is 11.4. The fourth-order valence-electron chi connectivity index (χ4n) is 7.19. The zero-order chi connectivity index (χ0) is 33.1. The molecule has 4 N–H and O–H groups in total. The Balaban J connectivity index is 1.78.